The predicted octanol–water partition coefficient (Wildman–Crippen LogP) is 2.29. The molecule has 0 amide bonds. The van der Waals surface area contributed by atoms with Crippen LogP contribution in [-0.4, -0.2) is 44.7 Å². The highest BCUT2D eigenvalue weighted by Gasteiger charge is 2.05. The second kappa shape index (κ2) is 9.10. The van der Waals surface area contributed by atoms with Crippen molar-refractivity contribution in [3.8, 4) is 11.5 Å². The zero-order chi connectivity index (χ0) is 15.7. The molecule has 118 valence electrons. The topological polar surface area (TPSA) is 60.1 Å². The molecule has 0 aromatic heterocycles. The first kappa shape index (κ1) is 17.1. The molecule has 21 heavy (non-hydrogen) atoms. The Kier molecular flexibility index (Phi) is 7.43. The van der Waals surface area contributed by atoms with Gasteiger partial charge in [-0.15, -0.1) is 0 Å². The minimum atomic E-state index is 0.623. The number of hydrogen-bond acceptors (Lipinski definition) is 3. The molecule has 5 heteroatoms. The number of methoxy groups -OCH3 is 2. The Hall–Kier alpha value is -1.91. The second-order valence-electron chi connectivity index (χ2n) is 4.69. The van der Waals surface area contributed by atoms with Crippen LogP contribution < -0.4 is 15.2 Å². The van der Waals surface area contributed by atoms with Crippen molar-refractivity contribution >= 4 is 5.96 Å². The van der Waals surface area contributed by atoms with Crippen LogP contribution in [0.1, 0.15) is 25.8 Å². The zero-order valence-corrected chi connectivity index (χ0v) is 13.6. The van der Waals surface area contributed by atoms with Crippen molar-refractivity contribution < 1.29 is 9.47 Å². The van der Waals surface area contributed by atoms with Crippen LogP contribution in [0.15, 0.2) is 23.2 Å². The van der Waals surface area contributed by atoms with Crippen LogP contribution >= 0.6 is 0 Å². The standard InChI is InChI=1S/C16H27N3O2/c1-5-19(6-2)16(17)18-11-7-8-13-12-14(20-3)9-10-15(13)21-4/h9-10,12H,5-8,11H2,1-4H3,(H2,17,18). The largest absolute Gasteiger partial charge is 0.497 e. The van der Waals surface area contributed by atoms with E-state index in [1.807, 2.05) is 23.1 Å². The maximum atomic E-state index is 5.95. The predicted molar refractivity (Wildman–Crippen MR) is 87.3 cm³/mol. The van der Waals surface area contributed by atoms with E-state index in [1.165, 1.54) is 0 Å². The van der Waals surface area contributed by atoms with E-state index >= 15 is 0 Å². The van der Waals surface area contributed by atoms with E-state index in [2.05, 4.69) is 18.8 Å². The van der Waals surface area contributed by atoms with Gasteiger partial charge in [0.1, 0.15) is 11.5 Å². The highest BCUT2D eigenvalue weighted by atomic mass is 16.5. The van der Waals surface area contributed by atoms with Gasteiger partial charge in [0.2, 0.25) is 0 Å². The van der Waals surface area contributed by atoms with E-state index in [9.17, 15) is 0 Å². The quantitative estimate of drug-likeness (QED) is 0.454. The molecule has 0 bridgehead atoms. The number of aliphatic imine (C=N–C) groups is 1. The average molecular weight is 293 g/mol. The molecule has 0 aliphatic rings. The molecule has 0 atom stereocenters. The lowest BCUT2D eigenvalue weighted by atomic mass is 10.1. The second-order valence-corrected chi connectivity index (χ2v) is 4.69. The fraction of sp³-hybridized carbons (Fsp3) is 0.562. The molecule has 0 heterocycles. The SMILES string of the molecule is CCN(CC)C(N)=NCCCc1cc(OC)ccc1OC. The lowest BCUT2D eigenvalue weighted by Crippen LogP contribution is -2.37. The van der Waals surface area contributed by atoms with Gasteiger partial charge in [0.15, 0.2) is 5.96 Å². The summed E-state index contributed by atoms with van der Waals surface area (Å²) in [7, 11) is 3.35. The molecule has 1 rings (SSSR count). The molecular weight excluding hydrogens is 266 g/mol. The molecule has 1 aromatic carbocycles. The number of hydrogen-bond donors (Lipinski definition) is 1. The third-order valence-electron chi connectivity index (χ3n) is 3.45. The van der Waals surface area contributed by atoms with Crippen LogP contribution in [0.5, 0.6) is 11.5 Å². The Morgan fingerprint density at radius 1 is 1.19 bits per heavy atom. The van der Waals surface area contributed by atoms with E-state index in [0.717, 1.165) is 43.0 Å². The number of rotatable bonds is 8. The highest BCUT2D eigenvalue weighted by Crippen LogP contribution is 2.25. The van der Waals surface area contributed by atoms with Crippen LogP contribution in [0.3, 0.4) is 0 Å². The summed E-state index contributed by atoms with van der Waals surface area (Å²) >= 11 is 0. The van der Waals surface area contributed by atoms with Gasteiger partial charge in [0, 0.05) is 19.6 Å². The van der Waals surface area contributed by atoms with Crippen molar-refractivity contribution in [2.75, 3.05) is 33.9 Å². The van der Waals surface area contributed by atoms with Gasteiger partial charge in [0.25, 0.3) is 0 Å². The molecule has 0 saturated carbocycles. The summed E-state index contributed by atoms with van der Waals surface area (Å²) in [5.74, 6) is 2.35. The molecule has 0 spiro atoms. The monoisotopic (exact) mass is 293 g/mol. The van der Waals surface area contributed by atoms with Crippen molar-refractivity contribution in [3.63, 3.8) is 0 Å². The molecule has 5 nitrogen and oxygen atoms in total. The summed E-state index contributed by atoms with van der Waals surface area (Å²) in [5, 5.41) is 0. The van der Waals surface area contributed by atoms with Crippen LogP contribution in [0, 0.1) is 0 Å². The van der Waals surface area contributed by atoms with Gasteiger partial charge in [-0.05, 0) is 50.5 Å². The Bertz CT molecular complexity index is 457. The lowest BCUT2D eigenvalue weighted by Gasteiger charge is -2.19. The summed E-state index contributed by atoms with van der Waals surface area (Å²) in [6, 6.07) is 5.84. The van der Waals surface area contributed by atoms with Gasteiger partial charge in [0.05, 0.1) is 14.2 Å². The van der Waals surface area contributed by atoms with E-state index in [0.29, 0.717) is 12.5 Å². The third kappa shape index (κ3) is 5.17. The van der Waals surface area contributed by atoms with E-state index in [4.69, 9.17) is 15.2 Å². The minimum absolute atomic E-state index is 0.623. The molecule has 0 aliphatic carbocycles. The van der Waals surface area contributed by atoms with Gasteiger partial charge < -0.3 is 20.1 Å². The van der Waals surface area contributed by atoms with Crippen LogP contribution in [0.25, 0.3) is 0 Å². The van der Waals surface area contributed by atoms with Gasteiger partial charge in [-0.1, -0.05) is 0 Å². The zero-order valence-electron chi connectivity index (χ0n) is 13.6. The first-order valence-electron chi connectivity index (χ1n) is 7.42. The fourth-order valence-corrected chi connectivity index (χ4v) is 2.19. The fourth-order valence-electron chi connectivity index (χ4n) is 2.19. The number of ether oxygens (including phenoxy) is 2. The smallest absolute Gasteiger partial charge is 0.191 e. The van der Waals surface area contributed by atoms with Crippen molar-refractivity contribution in [2.45, 2.75) is 26.7 Å². The molecule has 1 aromatic rings. The Labute approximate surface area is 127 Å². The van der Waals surface area contributed by atoms with Crippen LogP contribution in [0.2, 0.25) is 0 Å². The number of aryl methyl sites for hydroxylation is 1. The molecule has 0 unspecified atom stereocenters. The van der Waals surface area contributed by atoms with Crippen molar-refractivity contribution in [3.05, 3.63) is 23.8 Å². The first-order chi connectivity index (χ1) is 10.2. The lowest BCUT2D eigenvalue weighted by molar-refractivity contribution is 0.398. The third-order valence-corrected chi connectivity index (χ3v) is 3.45. The number of guanidine groups is 1. The van der Waals surface area contributed by atoms with E-state index < -0.39 is 0 Å². The van der Waals surface area contributed by atoms with Gasteiger partial charge in [-0.2, -0.15) is 0 Å². The Morgan fingerprint density at radius 3 is 2.48 bits per heavy atom. The molecule has 0 saturated heterocycles. The maximum absolute atomic E-state index is 5.95. The average Bonchev–Trinajstić information content (AvgIpc) is 2.52. The van der Waals surface area contributed by atoms with Crippen LogP contribution in [0.4, 0.5) is 0 Å². The molecule has 0 fully saturated rings. The van der Waals surface area contributed by atoms with Crippen molar-refractivity contribution in [2.24, 2.45) is 10.7 Å². The Morgan fingerprint density at radius 2 is 1.90 bits per heavy atom. The summed E-state index contributed by atoms with van der Waals surface area (Å²) in [6.07, 6.45) is 1.81. The molecule has 0 aliphatic heterocycles. The first-order valence-corrected chi connectivity index (χ1v) is 7.42. The summed E-state index contributed by atoms with van der Waals surface area (Å²) < 4.78 is 10.6. The minimum Gasteiger partial charge on any atom is -0.497 e. The van der Waals surface area contributed by atoms with E-state index in [1.54, 1.807) is 14.2 Å². The molecular formula is C16H27N3O2. The highest BCUT2D eigenvalue weighted by molar-refractivity contribution is 5.77. The number of benzene rings is 1. The van der Waals surface area contributed by atoms with Gasteiger partial charge in [-0.3, -0.25) is 4.99 Å². The summed E-state index contributed by atoms with van der Waals surface area (Å²) in [4.78, 5) is 6.48. The maximum Gasteiger partial charge on any atom is 0.191 e. The molecule has 0 radical (unpaired) electrons. The Balaban J connectivity index is 2.57. The van der Waals surface area contributed by atoms with Gasteiger partial charge >= 0.3 is 0 Å². The van der Waals surface area contributed by atoms with Gasteiger partial charge in [-0.25, -0.2) is 0 Å². The van der Waals surface area contributed by atoms with Crippen LogP contribution in [-0.2, 0) is 6.42 Å². The number of nitrogens with two attached hydrogens (primary N) is 1. The normalized spacial score (nSPS) is 11.3. The van der Waals surface area contributed by atoms with E-state index in [-0.39, 0.29) is 0 Å². The molecule has 2 N–H and O–H groups in total. The number of nitrogens with zero attached hydrogens (tertiary/aromatic N) is 2. The summed E-state index contributed by atoms with van der Waals surface area (Å²) in [5.41, 5.74) is 7.08. The van der Waals surface area contributed by atoms with Crippen molar-refractivity contribution in [1.82, 2.24) is 4.90 Å². The summed E-state index contributed by atoms with van der Waals surface area (Å²) in [6.45, 7) is 6.63. The van der Waals surface area contributed by atoms with Crippen molar-refractivity contribution in [1.29, 1.82) is 0 Å².